The maximum absolute atomic E-state index is 9.87. The van der Waals surface area contributed by atoms with Crippen LogP contribution in [0.3, 0.4) is 0 Å². The highest BCUT2D eigenvalue weighted by Gasteiger charge is 1.98. The predicted molar refractivity (Wildman–Crippen MR) is 65.5 cm³/mol. The maximum Gasteiger partial charge on any atom is 0.310 e. The first-order valence-corrected chi connectivity index (χ1v) is 5.10. The number of carboxylic acids is 1. The van der Waals surface area contributed by atoms with E-state index in [0.29, 0.717) is 0 Å². The van der Waals surface area contributed by atoms with Gasteiger partial charge in [0, 0.05) is 0 Å². The molecule has 0 aromatic heterocycles. The number of aliphatic hydroxyl groups is 1. The van der Waals surface area contributed by atoms with Crippen LogP contribution in [0.15, 0.2) is 36.4 Å². The molecule has 0 atom stereocenters. The lowest BCUT2D eigenvalue weighted by atomic mass is 10.2. The van der Waals surface area contributed by atoms with Gasteiger partial charge in [0.05, 0.1) is 6.61 Å². The number of ketones is 1. The monoisotopic (exact) mass is 236 g/mol. The summed E-state index contributed by atoms with van der Waals surface area (Å²) in [6, 6.07) is 9.89. The second-order valence-electron chi connectivity index (χ2n) is 3.27. The second-order valence-corrected chi connectivity index (χ2v) is 3.27. The van der Waals surface area contributed by atoms with Crippen LogP contribution in [0.5, 0.6) is 0 Å². The number of carbonyl (C=O) groups is 2. The van der Waals surface area contributed by atoms with E-state index in [9.17, 15) is 9.59 Å². The Bertz CT molecular complexity index is 356. The SMILES string of the molecule is CC(=O)CC(=O)O.OCC=Cc1ccccc1. The summed E-state index contributed by atoms with van der Waals surface area (Å²) in [6.45, 7) is 1.35. The number of benzene rings is 1. The first-order valence-electron chi connectivity index (χ1n) is 5.10. The molecule has 1 aromatic carbocycles. The van der Waals surface area contributed by atoms with Gasteiger partial charge in [-0.15, -0.1) is 0 Å². The van der Waals surface area contributed by atoms with Gasteiger partial charge in [0.1, 0.15) is 12.2 Å². The Balaban J connectivity index is 0.000000325. The normalized spacial score (nSPS) is 9.53. The Morgan fingerprint density at radius 3 is 2.18 bits per heavy atom. The molecule has 2 N–H and O–H groups in total. The van der Waals surface area contributed by atoms with E-state index in [-0.39, 0.29) is 18.8 Å². The number of carbonyl (C=O) groups excluding carboxylic acids is 1. The van der Waals surface area contributed by atoms with E-state index in [0.717, 1.165) is 5.56 Å². The van der Waals surface area contributed by atoms with Gasteiger partial charge >= 0.3 is 5.97 Å². The van der Waals surface area contributed by atoms with E-state index < -0.39 is 5.97 Å². The summed E-state index contributed by atoms with van der Waals surface area (Å²) in [5, 5.41) is 16.3. The fraction of sp³-hybridized carbons (Fsp3) is 0.231. The third-order valence-corrected chi connectivity index (χ3v) is 1.62. The van der Waals surface area contributed by atoms with Crippen molar-refractivity contribution in [2.24, 2.45) is 0 Å². The summed E-state index contributed by atoms with van der Waals surface area (Å²) in [4.78, 5) is 19.5. The average molecular weight is 236 g/mol. The molecule has 0 aliphatic carbocycles. The minimum Gasteiger partial charge on any atom is -0.481 e. The molecule has 1 rings (SSSR count). The number of carboxylic acid groups (broad SMARTS) is 1. The van der Waals surface area contributed by atoms with Crippen molar-refractivity contribution >= 4 is 17.8 Å². The third-order valence-electron chi connectivity index (χ3n) is 1.62. The molecule has 0 fully saturated rings. The van der Waals surface area contributed by atoms with Gasteiger partial charge in [-0.3, -0.25) is 9.59 Å². The van der Waals surface area contributed by atoms with Crippen molar-refractivity contribution < 1.29 is 19.8 Å². The summed E-state index contributed by atoms with van der Waals surface area (Å²) < 4.78 is 0. The van der Waals surface area contributed by atoms with Gasteiger partial charge in [0.2, 0.25) is 0 Å². The molecule has 17 heavy (non-hydrogen) atoms. The van der Waals surface area contributed by atoms with Crippen molar-refractivity contribution in [3.63, 3.8) is 0 Å². The summed E-state index contributed by atoms with van der Waals surface area (Å²) in [5.41, 5.74) is 1.12. The molecule has 0 aliphatic heterocycles. The van der Waals surface area contributed by atoms with Crippen molar-refractivity contribution in [2.75, 3.05) is 6.61 Å². The van der Waals surface area contributed by atoms with E-state index in [1.165, 1.54) is 6.92 Å². The van der Waals surface area contributed by atoms with Gasteiger partial charge in [-0.05, 0) is 12.5 Å². The molecular weight excluding hydrogens is 220 g/mol. The standard InChI is InChI=1S/C9H10O.C4H6O3/c10-8-4-7-9-5-2-1-3-6-9;1-3(5)2-4(6)7/h1-7,10H,8H2;2H2,1H3,(H,6,7). The van der Waals surface area contributed by atoms with E-state index >= 15 is 0 Å². The molecule has 0 saturated carbocycles. The van der Waals surface area contributed by atoms with Crippen molar-refractivity contribution in [1.29, 1.82) is 0 Å². The van der Waals surface area contributed by atoms with Gasteiger partial charge < -0.3 is 10.2 Å². The zero-order chi connectivity index (χ0) is 13.1. The average Bonchev–Trinajstić information content (AvgIpc) is 2.27. The summed E-state index contributed by atoms with van der Waals surface area (Å²) in [5.74, 6) is -1.37. The highest BCUT2D eigenvalue weighted by molar-refractivity contribution is 5.93. The van der Waals surface area contributed by atoms with Crippen LogP contribution in [0.25, 0.3) is 6.08 Å². The third kappa shape index (κ3) is 10.3. The van der Waals surface area contributed by atoms with Crippen LogP contribution in [0.1, 0.15) is 18.9 Å². The number of hydrogen-bond donors (Lipinski definition) is 2. The zero-order valence-electron chi connectivity index (χ0n) is 9.67. The number of aliphatic carboxylic acids is 1. The lowest BCUT2D eigenvalue weighted by Crippen LogP contribution is -2.00. The van der Waals surface area contributed by atoms with Crippen molar-refractivity contribution in [2.45, 2.75) is 13.3 Å². The first-order chi connectivity index (χ1) is 8.06. The fourth-order valence-corrected chi connectivity index (χ4v) is 0.966. The smallest absolute Gasteiger partial charge is 0.310 e. The van der Waals surface area contributed by atoms with Crippen LogP contribution in [-0.2, 0) is 9.59 Å². The quantitative estimate of drug-likeness (QED) is 0.781. The Morgan fingerprint density at radius 2 is 1.82 bits per heavy atom. The minimum absolute atomic E-state index is 0.106. The van der Waals surface area contributed by atoms with Crippen LogP contribution in [-0.4, -0.2) is 28.6 Å². The van der Waals surface area contributed by atoms with Gasteiger partial charge in [-0.1, -0.05) is 42.5 Å². The van der Waals surface area contributed by atoms with Crippen LogP contribution in [0.2, 0.25) is 0 Å². The summed E-state index contributed by atoms with van der Waals surface area (Å²) >= 11 is 0. The highest BCUT2D eigenvalue weighted by Crippen LogP contribution is 1.99. The molecule has 0 heterocycles. The molecule has 92 valence electrons. The van der Waals surface area contributed by atoms with E-state index in [1.54, 1.807) is 6.08 Å². The number of Topliss-reactive ketones (excluding diaryl/α,β-unsaturated/α-hetero) is 1. The van der Waals surface area contributed by atoms with E-state index in [4.69, 9.17) is 10.2 Å². The van der Waals surface area contributed by atoms with Gasteiger partial charge in [-0.2, -0.15) is 0 Å². The largest absolute Gasteiger partial charge is 0.481 e. The Hall–Kier alpha value is -1.94. The lowest BCUT2D eigenvalue weighted by Gasteiger charge is -1.88. The van der Waals surface area contributed by atoms with Gasteiger partial charge in [0.15, 0.2) is 0 Å². The molecule has 0 unspecified atom stereocenters. The first kappa shape index (κ1) is 15.1. The number of rotatable bonds is 4. The zero-order valence-corrected chi connectivity index (χ0v) is 9.67. The van der Waals surface area contributed by atoms with Gasteiger partial charge in [-0.25, -0.2) is 0 Å². The number of aliphatic hydroxyl groups excluding tert-OH is 1. The van der Waals surface area contributed by atoms with Crippen LogP contribution < -0.4 is 0 Å². The Labute approximate surface area is 100 Å². The second kappa shape index (κ2) is 9.30. The molecular formula is C13H16O4. The molecule has 0 bridgehead atoms. The molecule has 1 aromatic rings. The van der Waals surface area contributed by atoms with Gasteiger partial charge in [0.25, 0.3) is 0 Å². The number of hydrogen-bond acceptors (Lipinski definition) is 3. The van der Waals surface area contributed by atoms with Crippen LogP contribution in [0, 0.1) is 0 Å². The molecule has 0 spiro atoms. The lowest BCUT2D eigenvalue weighted by molar-refractivity contribution is -0.139. The minimum atomic E-state index is -1.06. The summed E-state index contributed by atoms with van der Waals surface area (Å²) in [6.07, 6.45) is 3.25. The van der Waals surface area contributed by atoms with Crippen molar-refractivity contribution in [1.82, 2.24) is 0 Å². The van der Waals surface area contributed by atoms with Crippen LogP contribution in [0.4, 0.5) is 0 Å². The maximum atomic E-state index is 9.87. The van der Waals surface area contributed by atoms with E-state index in [1.807, 2.05) is 36.4 Å². The summed E-state index contributed by atoms with van der Waals surface area (Å²) in [7, 11) is 0. The topological polar surface area (TPSA) is 74.6 Å². The van der Waals surface area contributed by atoms with Crippen LogP contribution >= 0.6 is 0 Å². The van der Waals surface area contributed by atoms with Crippen molar-refractivity contribution in [3.05, 3.63) is 42.0 Å². The Kier molecular flexibility index (Phi) is 8.24. The van der Waals surface area contributed by atoms with E-state index in [2.05, 4.69) is 0 Å². The molecule has 0 radical (unpaired) electrons. The Morgan fingerprint density at radius 1 is 1.24 bits per heavy atom. The molecule has 4 nitrogen and oxygen atoms in total. The van der Waals surface area contributed by atoms with Crippen molar-refractivity contribution in [3.8, 4) is 0 Å². The molecule has 0 aliphatic rings. The fourth-order valence-electron chi connectivity index (χ4n) is 0.966. The highest BCUT2D eigenvalue weighted by atomic mass is 16.4. The molecule has 4 heteroatoms. The predicted octanol–water partition coefficient (Wildman–Crippen LogP) is 1.74. The molecule has 0 amide bonds. The molecule has 0 saturated heterocycles.